The number of carbonyl (C=O) groups is 1. The van der Waals surface area contributed by atoms with Gasteiger partial charge in [-0.2, -0.15) is 13.2 Å². The fraction of sp³-hybridized carbons (Fsp3) is 0.923. The Balaban J connectivity index is 4.43. The van der Waals surface area contributed by atoms with E-state index < -0.39 is 31.1 Å². The number of carbonyl (C=O) groups excluding carboxylic acids is 1. The van der Waals surface area contributed by atoms with Gasteiger partial charge in [0, 0.05) is 7.11 Å². The van der Waals surface area contributed by atoms with Crippen molar-refractivity contribution in [3.8, 4) is 0 Å². The fourth-order valence-corrected chi connectivity index (χ4v) is 1.51. The summed E-state index contributed by atoms with van der Waals surface area (Å²) in [6.45, 7) is 3.23. The molecule has 126 valence electrons. The van der Waals surface area contributed by atoms with Crippen molar-refractivity contribution in [2.45, 2.75) is 51.5 Å². The van der Waals surface area contributed by atoms with Gasteiger partial charge in [0.05, 0.1) is 13.2 Å². The van der Waals surface area contributed by atoms with Crippen LogP contribution >= 0.6 is 0 Å². The van der Waals surface area contributed by atoms with Gasteiger partial charge in [0.1, 0.15) is 12.9 Å². The standard InChI is InChI=1S/C13H23F3O5/c1-4-6-10(5-2)21-12(17)11(13(14,15)16)20-9-19-8-7-18-3/h10-11H,4-9H2,1-3H3/t10?,11-/m0/s1. The van der Waals surface area contributed by atoms with Crippen molar-refractivity contribution < 1.29 is 36.9 Å². The molecule has 0 aromatic rings. The Morgan fingerprint density at radius 1 is 1.19 bits per heavy atom. The minimum atomic E-state index is -4.84. The maximum atomic E-state index is 12.8. The van der Waals surface area contributed by atoms with Gasteiger partial charge in [-0.05, 0) is 12.8 Å². The molecule has 0 saturated carbocycles. The van der Waals surface area contributed by atoms with Crippen LogP contribution in [-0.2, 0) is 23.7 Å². The van der Waals surface area contributed by atoms with E-state index in [-0.39, 0.29) is 13.2 Å². The summed E-state index contributed by atoms with van der Waals surface area (Å²) >= 11 is 0. The number of rotatable bonds is 11. The minimum absolute atomic E-state index is 0.0730. The van der Waals surface area contributed by atoms with Crippen LogP contribution in [0.25, 0.3) is 0 Å². The zero-order valence-electron chi connectivity index (χ0n) is 12.6. The number of esters is 1. The first kappa shape index (κ1) is 20.1. The third kappa shape index (κ3) is 8.90. The van der Waals surface area contributed by atoms with Gasteiger partial charge in [-0.15, -0.1) is 0 Å². The van der Waals surface area contributed by atoms with Crippen LogP contribution in [0.1, 0.15) is 33.1 Å². The molecule has 0 N–H and O–H groups in total. The molecule has 2 atom stereocenters. The third-order valence-electron chi connectivity index (χ3n) is 2.61. The van der Waals surface area contributed by atoms with E-state index in [0.29, 0.717) is 19.3 Å². The molecule has 1 unspecified atom stereocenters. The fourth-order valence-electron chi connectivity index (χ4n) is 1.51. The quantitative estimate of drug-likeness (QED) is 0.333. The van der Waals surface area contributed by atoms with Gasteiger partial charge in [-0.25, -0.2) is 4.79 Å². The van der Waals surface area contributed by atoms with Crippen LogP contribution in [0, 0.1) is 0 Å². The molecule has 0 fully saturated rings. The highest BCUT2D eigenvalue weighted by Crippen LogP contribution is 2.25. The Morgan fingerprint density at radius 2 is 1.86 bits per heavy atom. The smallest absolute Gasteiger partial charge is 0.425 e. The molecule has 0 aliphatic heterocycles. The van der Waals surface area contributed by atoms with Crippen molar-refractivity contribution in [1.82, 2.24) is 0 Å². The molecule has 0 heterocycles. The van der Waals surface area contributed by atoms with E-state index in [2.05, 4.69) is 9.47 Å². The first-order chi connectivity index (χ1) is 9.86. The van der Waals surface area contributed by atoms with E-state index in [9.17, 15) is 18.0 Å². The van der Waals surface area contributed by atoms with Crippen LogP contribution in [0.5, 0.6) is 0 Å². The molecule has 0 aromatic carbocycles. The SMILES string of the molecule is CCCC(CC)OC(=O)[C@H](OCOCCOC)C(F)(F)F. The van der Waals surface area contributed by atoms with E-state index in [1.54, 1.807) is 6.92 Å². The van der Waals surface area contributed by atoms with Crippen molar-refractivity contribution >= 4 is 5.97 Å². The summed E-state index contributed by atoms with van der Waals surface area (Å²) in [4.78, 5) is 11.6. The number of halogens is 3. The van der Waals surface area contributed by atoms with E-state index >= 15 is 0 Å². The number of hydrogen-bond donors (Lipinski definition) is 0. The molecule has 0 aliphatic carbocycles. The second-order valence-electron chi connectivity index (χ2n) is 4.36. The molecule has 8 heteroatoms. The van der Waals surface area contributed by atoms with Crippen molar-refractivity contribution in [3.05, 3.63) is 0 Å². The number of ether oxygens (including phenoxy) is 4. The summed E-state index contributed by atoms with van der Waals surface area (Å²) in [6, 6.07) is 0. The van der Waals surface area contributed by atoms with Crippen molar-refractivity contribution in [1.29, 1.82) is 0 Å². The van der Waals surface area contributed by atoms with Crippen molar-refractivity contribution in [3.63, 3.8) is 0 Å². The predicted molar refractivity (Wildman–Crippen MR) is 68.7 cm³/mol. The lowest BCUT2D eigenvalue weighted by Gasteiger charge is -2.22. The molecule has 21 heavy (non-hydrogen) atoms. The van der Waals surface area contributed by atoms with Crippen LogP contribution < -0.4 is 0 Å². The molecule has 0 aromatic heterocycles. The lowest BCUT2D eigenvalue weighted by Crippen LogP contribution is -2.42. The minimum Gasteiger partial charge on any atom is -0.460 e. The van der Waals surface area contributed by atoms with Crippen molar-refractivity contribution in [2.24, 2.45) is 0 Å². The lowest BCUT2D eigenvalue weighted by atomic mass is 10.1. The highest BCUT2D eigenvalue weighted by atomic mass is 19.4. The van der Waals surface area contributed by atoms with Crippen LogP contribution in [0.15, 0.2) is 0 Å². The molecule has 0 saturated heterocycles. The van der Waals surface area contributed by atoms with Gasteiger partial charge in [0.2, 0.25) is 0 Å². The molecule has 5 nitrogen and oxygen atoms in total. The van der Waals surface area contributed by atoms with Crippen LogP contribution in [0.3, 0.4) is 0 Å². The molecular weight excluding hydrogens is 293 g/mol. The Bertz CT molecular complexity index is 283. The van der Waals surface area contributed by atoms with Crippen LogP contribution in [0.2, 0.25) is 0 Å². The van der Waals surface area contributed by atoms with E-state index in [0.717, 1.165) is 0 Å². The molecule has 0 rings (SSSR count). The molecular formula is C13H23F3O5. The topological polar surface area (TPSA) is 54.0 Å². The van der Waals surface area contributed by atoms with E-state index in [1.165, 1.54) is 7.11 Å². The Hall–Kier alpha value is -0.860. The summed E-state index contributed by atoms with van der Waals surface area (Å²) in [5.41, 5.74) is 0. The maximum absolute atomic E-state index is 12.8. The summed E-state index contributed by atoms with van der Waals surface area (Å²) in [5, 5.41) is 0. The van der Waals surface area contributed by atoms with Crippen molar-refractivity contribution in [2.75, 3.05) is 27.1 Å². The highest BCUT2D eigenvalue weighted by Gasteiger charge is 2.48. The second kappa shape index (κ2) is 10.8. The maximum Gasteiger partial charge on any atom is 0.425 e. The Labute approximate surface area is 122 Å². The normalized spacial score (nSPS) is 14.8. The summed E-state index contributed by atoms with van der Waals surface area (Å²) in [5.74, 6) is -1.43. The second-order valence-corrected chi connectivity index (χ2v) is 4.36. The predicted octanol–water partition coefficient (Wildman–Crippen LogP) is 2.68. The van der Waals surface area contributed by atoms with Gasteiger partial charge < -0.3 is 18.9 Å². The van der Waals surface area contributed by atoms with Crippen LogP contribution in [0.4, 0.5) is 13.2 Å². The van der Waals surface area contributed by atoms with Gasteiger partial charge >= 0.3 is 12.1 Å². The van der Waals surface area contributed by atoms with Gasteiger partial charge in [0.15, 0.2) is 0 Å². The van der Waals surface area contributed by atoms with E-state index in [1.807, 2.05) is 6.92 Å². The average molecular weight is 316 g/mol. The summed E-state index contributed by atoms with van der Waals surface area (Å²) in [6.07, 6.45) is -6.34. The number of alkyl halides is 3. The molecule has 0 radical (unpaired) electrons. The largest absolute Gasteiger partial charge is 0.460 e. The Morgan fingerprint density at radius 3 is 2.33 bits per heavy atom. The zero-order chi connectivity index (χ0) is 16.3. The average Bonchev–Trinajstić information content (AvgIpc) is 2.40. The summed E-state index contributed by atoms with van der Waals surface area (Å²) in [7, 11) is 1.43. The van der Waals surface area contributed by atoms with Gasteiger partial charge in [-0.3, -0.25) is 0 Å². The number of methoxy groups -OCH3 is 1. The highest BCUT2D eigenvalue weighted by molar-refractivity contribution is 5.75. The first-order valence-electron chi connectivity index (χ1n) is 6.82. The van der Waals surface area contributed by atoms with E-state index in [4.69, 9.17) is 9.47 Å². The molecule has 0 bridgehead atoms. The molecule has 0 spiro atoms. The van der Waals surface area contributed by atoms with Crippen LogP contribution in [-0.4, -0.2) is 51.5 Å². The first-order valence-corrected chi connectivity index (χ1v) is 6.82. The molecule has 0 amide bonds. The zero-order valence-corrected chi connectivity index (χ0v) is 12.6. The molecule has 0 aliphatic rings. The van der Waals surface area contributed by atoms with Gasteiger partial charge in [-0.1, -0.05) is 20.3 Å². The Kier molecular flexibility index (Phi) is 10.4. The van der Waals surface area contributed by atoms with Gasteiger partial charge in [0.25, 0.3) is 6.10 Å². The monoisotopic (exact) mass is 316 g/mol. The lowest BCUT2D eigenvalue weighted by molar-refractivity contribution is -0.250. The summed E-state index contributed by atoms with van der Waals surface area (Å²) < 4.78 is 57.1. The number of hydrogen-bond acceptors (Lipinski definition) is 5. The third-order valence-corrected chi connectivity index (χ3v) is 2.61.